The smallest absolute Gasteiger partial charge is 0.407 e. The first-order valence-electron chi connectivity index (χ1n) is 4.03. The first-order chi connectivity index (χ1) is 5.53. The molecule has 1 amide bonds. The molecule has 4 heteroatoms. The van der Waals surface area contributed by atoms with Crippen LogP contribution in [0, 0.1) is 0 Å². The Morgan fingerprint density at radius 1 is 1.75 bits per heavy atom. The second-order valence-electron chi connectivity index (χ2n) is 3.58. The summed E-state index contributed by atoms with van der Waals surface area (Å²) in [6.07, 6.45) is 0.349. The predicted molar refractivity (Wildman–Crippen MR) is 44.0 cm³/mol. The monoisotopic (exact) mass is 173 g/mol. The van der Waals surface area contributed by atoms with Crippen molar-refractivity contribution in [2.45, 2.75) is 32.0 Å². The van der Waals surface area contributed by atoms with Gasteiger partial charge in [0.1, 0.15) is 6.10 Å². The Morgan fingerprint density at radius 3 is 2.83 bits per heavy atom. The van der Waals surface area contributed by atoms with Crippen LogP contribution in [-0.4, -0.2) is 31.5 Å². The van der Waals surface area contributed by atoms with Gasteiger partial charge < -0.3 is 14.8 Å². The van der Waals surface area contributed by atoms with Gasteiger partial charge in [0, 0.05) is 13.5 Å². The third kappa shape index (κ3) is 2.37. The number of amides is 1. The van der Waals surface area contributed by atoms with E-state index in [0.29, 0.717) is 6.54 Å². The van der Waals surface area contributed by atoms with E-state index < -0.39 is 0 Å². The lowest BCUT2D eigenvalue weighted by molar-refractivity contribution is -0.0133. The van der Waals surface area contributed by atoms with Crippen LogP contribution in [-0.2, 0) is 9.47 Å². The Bertz CT molecular complexity index is 179. The topological polar surface area (TPSA) is 47.6 Å². The molecule has 0 bridgehead atoms. The summed E-state index contributed by atoms with van der Waals surface area (Å²) in [5.74, 6) is 0. The van der Waals surface area contributed by atoms with Gasteiger partial charge in [-0.05, 0) is 13.8 Å². The molecule has 0 saturated carbocycles. The number of hydrogen-bond acceptors (Lipinski definition) is 3. The maximum Gasteiger partial charge on any atom is 0.407 e. The minimum absolute atomic E-state index is 0.0487. The Morgan fingerprint density at radius 2 is 2.42 bits per heavy atom. The molecule has 1 saturated heterocycles. The highest BCUT2D eigenvalue weighted by Crippen LogP contribution is 2.19. The molecule has 0 aliphatic carbocycles. The summed E-state index contributed by atoms with van der Waals surface area (Å²) in [7, 11) is 1.66. The minimum Gasteiger partial charge on any atom is -0.444 e. The highest BCUT2D eigenvalue weighted by Gasteiger charge is 2.29. The maximum atomic E-state index is 10.7. The molecule has 0 aromatic rings. The normalized spacial score (nSPS) is 23.6. The number of methoxy groups -OCH3 is 1. The van der Waals surface area contributed by atoms with Crippen molar-refractivity contribution in [3.05, 3.63) is 0 Å². The fourth-order valence-corrected chi connectivity index (χ4v) is 1.18. The summed E-state index contributed by atoms with van der Waals surface area (Å²) in [6.45, 7) is 4.53. The third-order valence-electron chi connectivity index (χ3n) is 2.02. The van der Waals surface area contributed by atoms with Gasteiger partial charge in [-0.15, -0.1) is 0 Å². The molecule has 4 nitrogen and oxygen atoms in total. The molecule has 12 heavy (non-hydrogen) atoms. The van der Waals surface area contributed by atoms with Crippen molar-refractivity contribution >= 4 is 6.09 Å². The minimum atomic E-state index is -0.327. The quantitative estimate of drug-likeness (QED) is 0.690. The van der Waals surface area contributed by atoms with Gasteiger partial charge >= 0.3 is 6.09 Å². The Kier molecular flexibility index (Phi) is 2.57. The number of hydrogen-bond donors (Lipinski definition) is 1. The second-order valence-corrected chi connectivity index (χ2v) is 3.58. The number of ether oxygens (including phenoxy) is 2. The summed E-state index contributed by atoms with van der Waals surface area (Å²) in [5, 5.41) is 2.60. The summed E-state index contributed by atoms with van der Waals surface area (Å²) < 4.78 is 10.2. The molecule has 1 N–H and O–H groups in total. The van der Waals surface area contributed by atoms with Crippen LogP contribution >= 0.6 is 0 Å². The van der Waals surface area contributed by atoms with Crippen LogP contribution < -0.4 is 5.32 Å². The molecular formula is C8H15NO3. The van der Waals surface area contributed by atoms with E-state index in [9.17, 15) is 4.79 Å². The third-order valence-corrected chi connectivity index (χ3v) is 2.02. The van der Waals surface area contributed by atoms with Crippen molar-refractivity contribution in [2.24, 2.45) is 0 Å². The van der Waals surface area contributed by atoms with Crippen LogP contribution in [0.15, 0.2) is 0 Å². The van der Waals surface area contributed by atoms with E-state index in [1.54, 1.807) is 7.11 Å². The highest BCUT2D eigenvalue weighted by atomic mass is 16.6. The average Bonchev–Trinajstić information content (AvgIpc) is 2.35. The molecule has 70 valence electrons. The van der Waals surface area contributed by atoms with Gasteiger partial charge in [-0.2, -0.15) is 0 Å². The van der Waals surface area contributed by atoms with E-state index in [4.69, 9.17) is 9.47 Å². The molecule has 0 spiro atoms. The van der Waals surface area contributed by atoms with E-state index in [1.807, 2.05) is 13.8 Å². The van der Waals surface area contributed by atoms with E-state index >= 15 is 0 Å². The van der Waals surface area contributed by atoms with Gasteiger partial charge in [0.15, 0.2) is 0 Å². The number of nitrogens with one attached hydrogen (secondary N) is 1. The number of cyclic esters (lactones) is 1. The highest BCUT2D eigenvalue weighted by molar-refractivity contribution is 5.69. The van der Waals surface area contributed by atoms with Crippen molar-refractivity contribution < 1.29 is 14.3 Å². The Hall–Kier alpha value is -0.770. The Balaban J connectivity index is 2.36. The van der Waals surface area contributed by atoms with Crippen LogP contribution in [0.2, 0.25) is 0 Å². The standard InChI is InChI=1S/C8H15NO3/c1-8(2,11-3)4-6-5-9-7(10)12-6/h6H,4-5H2,1-3H3,(H,9,10). The Labute approximate surface area is 72.2 Å². The van der Waals surface area contributed by atoms with Gasteiger partial charge in [0.2, 0.25) is 0 Å². The van der Waals surface area contributed by atoms with E-state index in [-0.39, 0.29) is 17.8 Å². The molecule has 0 aromatic carbocycles. The van der Waals surface area contributed by atoms with Crippen molar-refractivity contribution in [3.63, 3.8) is 0 Å². The molecular weight excluding hydrogens is 158 g/mol. The molecule has 1 atom stereocenters. The van der Waals surface area contributed by atoms with Crippen molar-refractivity contribution in [3.8, 4) is 0 Å². The SMILES string of the molecule is COC(C)(C)CC1CNC(=O)O1. The molecule has 1 fully saturated rings. The summed E-state index contributed by atoms with van der Waals surface area (Å²) in [6, 6.07) is 0. The zero-order valence-corrected chi connectivity index (χ0v) is 7.72. The zero-order chi connectivity index (χ0) is 9.19. The molecule has 1 unspecified atom stereocenters. The first-order valence-corrected chi connectivity index (χ1v) is 4.03. The summed E-state index contributed by atoms with van der Waals surface area (Å²) in [4.78, 5) is 10.7. The van der Waals surface area contributed by atoms with E-state index in [1.165, 1.54) is 0 Å². The average molecular weight is 173 g/mol. The van der Waals surface area contributed by atoms with Crippen LogP contribution in [0.3, 0.4) is 0 Å². The number of carbonyl (C=O) groups excluding carboxylic acids is 1. The van der Waals surface area contributed by atoms with Crippen LogP contribution in [0.4, 0.5) is 4.79 Å². The van der Waals surface area contributed by atoms with E-state index in [2.05, 4.69) is 5.32 Å². The lowest BCUT2D eigenvalue weighted by atomic mass is 10.0. The molecule has 1 rings (SSSR count). The zero-order valence-electron chi connectivity index (χ0n) is 7.72. The summed E-state index contributed by atoms with van der Waals surface area (Å²) >= 11 is 0. The second kappa shape index (κ2) is 3.31. The van der Waals surface area contributed by atoms with Gasteiger partial charge in [0.25, 0.3) is 0 Å². The molecule has 0 radical (unpaired) electrons. The van der Waals surface area contributed by atoms with Gasteiger partial charge in [-0.3, -0.25) is 0 Å². The lowest BCUT2D eigenvalue weighted by Crippen LogP contribution is -2.30. The maximum absolute atomic E-state index is 10.7. The van der Waals surface area contributed by atoms with Gasteiger partial charge in [-0.25, -0.2) is 4.79 Å². The van der Waals surface area contributed by atoms with Crippen molar-refractivity contribution in [1.29, 1.82) is 0 Å². The van der Waals surface area contributed by atoms with Gasteiger partial charge in [0.05, 0.1) is 12.1 Å². The molecule has 1 heterocycles. The van der Waals surface area contributed by atoms with E-state index in [0.717, 1.165) is 6.42 Å². The molecule has 1 aliphatic heterocycles. The fraction of sp³-hybridized carbons (Fsp3) is 0.875. The lowest BCUT2D eigenvalue weighted by Gasteiger charge is -2.24. The summed E-state index contributed by atoms with van der Waals surface area (Å²) in [5.41, 5.74) is -0.225. The molecule has 0 aromatic heterocycles. The number of alkyl carbamates (subject to hydrolysis) is 1. The van der Waals surface area contributed by atoms with Crippen LogP contribution in [0.1, 0.15) is 20.3 Å². The predicted octanol–water partition coefficient (Wildman–Crippen LogP) is 0.910. The first kappa shape index (κ1) is 9.32. The van der Waals surface area contributed by atoms with Crippen molar-refractivity contribution in [1.82, 2.24) is 5.32 Å². The van der Waals surface area contributed by atoms with Crippen molar-refractivity contribution in [2.75, 3.05) is 13.7 Å². The fourth-order valence-electron chi connectivity index (χ4n) is 1.18. The van der Waals surface area contributed by atoms with Crippen LogP contribution in [0.5, 0.6) is 0 Å². The number of carbonyl (C=O) groups is 1. The number of rotatable bonds is 3. The van der Waals surface area contributed by atoms with Gasteiger partial charge in [-0.1, -0.05) is 0 Å². The van der Waals surface area contributed by atoms with Crippen LogP contribution in [0.25, 0.3) is 0 Å². The largest absolute Gasteiger partial charge is 0.444 e. The molecule has 1 aliphatic rings.